The minimum absolute atomic E-state index is 0.0355. The molecule has 2 rings (SSSR count). The first kappa shape index (κ1) is 22.8. The number of pyridine rings is 1. The van der Waals surface area contributed by atoms with Crippen molar-refractivity contribution in [2.45, 2.75) is 60.2 Å². The smallest absolute Gasteiger partial charge is 0.249 e. The number of rotatable bonds is 6. The molecule has 11 heteroatoms. The zero-order chi connectivity index (χ0) is 21.1. The maximum atomic E-state index is 12.6. The van der Waals surface area contributed by atoms with Gasteiger partial charge in [-0.25, -0.2) is 4.98 Å². The number of hydrogen-bond acceptors (Lipinski definition) is 4. The molecule has 0 bridgehead atoms. The van der Waals surface area contributed by atoms with E-state index in [1.807, 2.05) is 20.8 Å². The molecule has 0 aliphatic heterocycles. The highest BCUT2D eigenvalue weighted by Crippen LogP contribution is 2.36. The largest absolute Gasteiger partial charge is 0.448 e. The van der Waals surface area contributed by atoms with E-state index in [9.17, 15) is 26.3 Å². The Labute approximate surface area is 166 Å². The lowest BCUT2D eigenvalue weighted by molar-refractivity contribution is -0.766. The van der Waals surface area contributed by atoms with Gasteiger partial charge in [0.05, 0.1) is 0 Å². The van der Waals surface area contributed by atoms with E-state index < -0.39 is 11.0 Å². The first-order valence-electron chi connectivity index (χ1n) is 8.22. The van der Waals surface area contributed by atoms with Gasteiger partial charge < -0.3 is 0 Å². The van der Waals surface area contributed by atoms with E-state index in [0.717, 1.165) is 5.69 Å². The fourth-order valence-electron chi connectivity index (χ4n) is 2.49. The van der Waals surface area contributed by atoms with E-state index in [0.29, 0.717) is 5.56 Å². The molecule has 0 spiro atoms. The molecule has 2 aromatic rings. The maximum Gasteiger partial charge on any atom is 0.448 e. The van der Waals surface area contributed by atoms with Crippen LogP contribution in [0.25, 0.3) is 0 Å². The zero-order valence-electron chi connectivity index (χ0n) is 15.2. The lowest BCUT2D eigenvalue weighted by atomic mass is 10.0. The van der Waals surface area contributed by atoms with Crippen LogP contribution < -0.4 is 4.68 Å². The minimum Gasteiger partial charge on any atom is -0.249 e. The van der Waals surface area contributed by atoms with Crippen molar-refractivity contribution in [3.8, 4) is 0 Å². The summed E-state index contributed by atoms with van der Waals surface area (Å²) in [5.41, 5.74) is -7.42. The van der Waals surface area contributed by atoms with Crippen LogP contribution in [-0.2, 0) is 6.54 Å². The number of hydrogen-bond donors (Lipinski definition) is 0. The van der Waals surface area contributed by atoms with Gasteiger partial charge in [-0.3, -0.25) is 0 Å². The van der Waals surface area contributed by atoms with Crippen LogP contribution in [0.2, 0.25) is 0 Å². The lowest BCUT2D eigenvalue weighted by Gasteiger charge is -2.12. The Morgan fingerprint density at radius 2 is 1.46 bits per heavy atom. The van der Waals surface area contributed by atoms with Crippen molar-refractivity contribution in [3.63, 3.8) is 0 Å². The average molecular weight is 442 g/mol. The van der Waals surface area contributed by atoms with E-state index in [4.69, 9.17) is 0 Å². The summed E-state index contributed by atoms with van der Waals surface area (Å²) in [7, 11) is 0. The third-order valence-electron chi connectivity index (χ3n) is 3.72. The van der Waals surface area contributed by atoms with Gasteiger partial charge in [-0.15, -0.1) is 0 Å². The van der Waals surface area contributed by atoms with E-state index in [2.05, 4.69) is 10.1 Å². The van der Waals surface area contributed by atoms with E-state index in [-0.39, 0.29) is 52.0 Å². The summed E-state index contributed by atoms with van der Waals surface area (Å²) in [6, 6.07) is 5.76. The maximum absolute atomic E-state index is 12.6. The molecule has 2 heterocycles. The van der Waals surface area contributed by atoms with Crippen LogP contribution in [0.3, 0.4) is 0 Å². The third kappa shape index (κ3) is 7.16. The van der Waals surface area contributed by atoms with Crippen LogP contribution in [-0.4, -0.2) is 21.1 Å². The SMILES string of the molecule is CC(C)c1ccc(SC(F)(F)F)n[n+]1CC(C)c1ccc(SC(F)(F)F)nc1. The molecule has 0 fully saturated rings. The Bertz CT molecular complexity index is 791. The third-order valence-corrected chi connectivity index (χ3v) is 5.06. The van der Waals surface area contributed by atoms with Gasteiger partial charge in [0, 0.05) is 52.7 Å². The first-order chi connectivity index (χ1) is 12.8. The molecule has 154 valence electrons. The summed E-state index contributed by atoms with van der Waals surface area (Å²) in [5.74, 6) is -0.174. The highest BCUT2D eigenvalue weighted by atomic mass is 32.2. The first-order valence-corrected chi connectivity index (χ1v) is 9.86. The summed E-state index contributed by atoms with van der Waals surface area (Å²) >= 11 is -0.587. The lowest BCUT2D eigenvalue weighted by Crippen LogP contribution is -2.45. The van der Waals surface area contributed by atoms with Gasteiger partial charge in [0.1, 0.15) is 5.03 Å². The monoisotopic (exact) mass is 442 g/mol. The van der Waals surface area contributed by atoms with Crippen LogP contribution in [0.4, 0.5) is 26.3 Å². The van der Waals surface area contributed by atoms with Crippen molar-refractivity contribution in [2.24, 2.45) is 0 Å². The number of nitrogens with zero attached hydrogens (tertiary/aromatic N) is 3. The molecule has 0 aromatic carbocycles. The molecule has 0 N–H and O–H groups in total. The average Bonchev–Trinajstić information content (AvgIpc) is 2.52. The number of aromatic nitrogens is 3. The van der Waals surface area contributed by atoms with Crippen molar-refractivity contribution >= 4 is 23.5 Å². The molecule has 0 radical (unpaired) electrons. The highest BCUT2D eigenvalue weighted by Gasteiger charge is 2.33. The van der Waals surface area contributed by atoms with Gasteiger partial charge in [0.25, 0.3) is 0 Å². The summed E-state index contributed by atoms with van der Waals surface area (Å²) in [5, 5.41) is 3.76. The molecule has 0 aliphatic carbocycles. The molecule has 0 aliphatic rings. The van der Waals surface area contributed by atoms with Crippen LogP contribution in [0.5, 0.6) is 0 Å². The van der Waals surface area contributed by atoms with Crippen LogP contribution in [0.1, 0.15) is 43.9 Å². The second-order valence-corrected chi connectivity index (χ2v) is 8.53. The van der Waals surface area contributed by atoms with Crippen LogP contribution in [0, 0.1) is 0 Å². The Hall–Kier alpha value is -1.49. The van der Waals surface area contributed by atoms with Gasteiger partial charge in [-0.1, -0.05) is 31.5 Å². The molecule has 3 nitrogen and oxygen atoms in total. The molecule has 0 saturated heterocycles. The predicted molar refractivity (Wildman–Crippen MR) is 95.0 cm³/mol. The topological polar surface area (TPSA) is 29.7 Å². The summed E-state index contributed by atoms with van der Waals surface area (Å²) in [4.78, 5) is 3.81. The molecule has 28 heavy (non-hydrogen) atoms. The Morgan fingerprint density at radius 3 is 1.96 bits per heavy atom. The molecule has 0 saturated carbocycles. The number of alkyl halides is 6. The number of halogens is 6. The van der Waals surface area contributed by atoms with Gasteiger partial charge in [-0.05, 0) is 17.7 Å². The predicted octanol–water partition coefficient (Wildman–Crippen LogP) is 5.92. The van der Waals surface area contributed by atoms with Crippen molar-refractivity contribution in [2.75, 3.05) is 0 Å². The molecule has 2 aromatic heterocycles. The standard InChI is InChI=1S/C17H18F6N3S2/c1-10(2)13-5-7-15(28-17(21,22)23)25-26(13)9-11(3)12-4-6-14(24-8-12)27-16(18,19)20/h4-8,10-11H,9H2,1-3H3/q+1. The Morgan fingerprint density at radius 1 is 0.893 bits per heavy atom. The van der Waals surface area contributed by atoms with Gasteiger partial charge in [0.15, 0.2) is 11.6 Å². The minimum atomic E-state index is -4.44. The van der Waals surface area contributed by atoms with Crippen molar-refractivity contribution in [1.29, 1.82) is 0 Å². The van der Waals surface area contributed by atoms with E-state index in [1.54, 1.807) is 6.07 Å². The summed E-state index contributed by atoms with van der Waals surface area (Å²) in [6.07, 6.45) is 1.35. The van der Waals surface area contributed by atoms with E-state index in [1.165, 1.54) is 29.1 Å². The van der Waals surface area contributed by atoms with Crippen LogP contribution in [0.15, 0.2) is 40.5 Å². The molecular formula is C17H18F6N3S2+. The molecule has 0 amide bonds. The molecule has 1 unspecified atom stereocenters. The Balaban J connectivity index is 2.21. The van der Waals surface area contributed by atoms with E-state index >= 15 is 0 Å². The fraction of sp³-hybridized carbons (Fsp3) is 0.471. The molecule has 1 atom stereocenters. The zero-order valence-corrected chi connectivity index (χ0v) is 16.8. The van der Waals surface area contributed by atoms with Crippen LogP contribution >= 0.6 is 23.5 Å². The number of thioether (sulfide) groups is 2. The van der Waals surface area contributed by atoms with Crippen molar-refractivity contribution in [1.82, 2.24) is 10.1 Å². The second kappa shape index (κ2) is 8.89. The van der Waals surface area contributed by atoms with Crippen molar-refractivity contribution < 1.29 is 31.0 Å². The van der Waals surface area contributed by atoms with Gasteiger partial charge in [-0.2, -0.15) is 26.3 Å². The van der Waals surface area contributed by atoms with Gasteiger partial charge >= 0.3 is 11.0 Å². The Kier molecular flexibility index (Phi) is 7.24. The van der Waals surface area contributed by atoms with Gasteiger partial charge in [0.2, 0.25) is 5.69 Å². The molecular weight excluding hydrogens is 424 g/mol. The highest BCUT2D eigenvalue weighted by molar-refractivity contribution is 8.00. The second-order valence-electron chi connectivity index (χ2n) is 6.36. The quantitative estimate of drug-likeness (QED) is 0.316. The normalized spacial score (nSPS) is 13.8. The summed E-state index contributed by atoms with van der Waals surface area (Å²) in [6.45, 7) is 5.89. The van der Waals surface area contributed by atoms with Crippen molar-refractivity contribution in [3.05, 3.63) is 41.7 Å². The fourth-order valence-corrected chi connectivity index (χ4v) is 3.48. The summed E-state index contributed by atoms with van der Waals surface area (Å²) < 4.78 is 76.6.